The molecule has 1 aliphatic carbocycles. The van der Waals surface area contributed by atoms with Gasteiger partial charge in [0, 0.05) is 5.56 Å². The molecule has 144 valence electrons. The summed E-state index contributed by atoms with van der Waals surface area (Å²) in [6, 6.07) is 17.5. The van der Waals surface area contributed by atoms with Crippen LogP contribution in [0.2, 0.25) is 0 Å². The molecule has 3 aromatic rings. The Labute approximate surface area is 168 Å². The van der Waals surface area contributed by atoms with E-state index in [1.807, 2.05) is 42.5 Å². The minimum Gasteiger partial charge on any atom is -0.486 e. The number of carbonyl (C=O) groups is 1. The lowest BCUT2D eigenvalue weighted by Gasteiger charge is -2.22. The van der Waals surface area contributed by atoms with E-state index in [1.165, 1.54) is 49.0 Å². The predicted molar refractivity (Wildman–Crippen MR) is 111 cm³/mol. The molecule has 0 atom stereocenters. The minimum atomic E-state index is -0.165. The van der Waals surface area contributed by atoms with Crippen molar-refractivity contribution in [1.82, 2.24) is 10.2 Å². The maximum Gasteiger partial charge on any atom is 0.257 e. The van der Waals surface area contributed by atoms with Crippen LogP contribution in [0.5, 0.6) is 5.75 Å². The molecule has 1 amide bonds. The minimum absolute atomic E-state index is 0.165. The van der Waals surface area contributed by atoms with Crippen molar-refractivity contribution in [2.45, 2.75) is 44.6 Å². The molecule has 28 heavy (non-hydrogen) atoms. The molecule has 4 rings (SSSR count). The summed E-state index contributed by atoms with van der Waals surface area (Å²) < 4.78 is 5.66. The SMILES string of the molecule is O=C(Nc1nnc(COc2ccccc2)s1)c1ccc(C2CCCCC2)cc1. The average Bonchev–Trinajstić information content (AvgIpc) is 3.21. The quantitative estimate of drug-likeness (QED) is 0.607. The molecule has 1 saturated carbocycles. The van der Waals surface area contributed by atoms with E-state index in [0.29, 0.717) is 28.2 Å². The lowest BCUT2D eigenvalue weighted by Crippen LogP contribution is -2.12. The number of para-hydroxylation sites is 1. The Hall–Kier alpha value is -2.73. The van der Waals surface area contributed by atoms with Crippen molar-refractivity contribution >= 4 is 22.4 Å². The Kier molecular flexibility index (Phi) is 5.97. The van der Waals surface area contributed by atoms with Gasteiger partial charge in [0.1, 0.15) is 12.4 Å². The van der Waals surface area contributed by atoms with Gasteiger partial charge in [0.15, 0.2) is 5.01 Å². The highest BCUT2D eigenvalue weighted by Crippen LogP contribution is 2.32. The number of hydrogen-bond acceptors (Lipinski definition) is 5. The zero-order chi connectivity index (χ0) is 19.2. The lowest BCUT2D eigenvalue weighted by atomic mass is 9.84. The number of hydrogen-bond donors (Lipinski definition) is 1. The fourth-order valence-electron chi connectivity index (χ4n) is 3.54. The highest BCUT2D eigenvalue weighted by Gasteiger charge is 2.16. The molecule has 1 aliphatic rings. The summed E-state index contributed by atoms with van der Waals surface area (Å²) in [5.41, 5.74) is 1.98. The van der Waals surface area contributed by atoms with Crippen LogP contribution in [0.25, 0.3) is 0 Å². The highest BCUT2D eigenvalue weighted by atomic mass is 32.1. The average molecular weight is 394 g/mol. The third kappa shape index (κ3) is 4.75. The predicted octanol–water partition coefficient (Wildman–Crippen LogP) is 5.42. The number of amides is 1. The van der Waals surface area contributed by atoms with Crippen molar-refractivity contribution in [3.8, 4) is 5.75 Å². The number of ether oxygens (including phenoxy) is 1. The Morgan fingerprint density at radius 1 is 1.00 bits per heavy atom. The van der Waals surface area contributed by atoms with E-state index in [-0.39, 0.29) is 5.91 Å². The molecule has 6 heteroatoms. The van der Waals surface area contributed by atoms with E-state index in [4.69, 9.17) is 4.74 Å². The van der Waals surface area contributed by atoms with Crippen molar-refractivity contribution in [3.05, 3.63) is 70.7 Å². The summed E-state index contributed by atoms with van der Waals surface area (Å²) in [5, 5.41) is 12.1. The lowest BCUT2D eigenvalue weighted by molar-refractivity contribution is 0.102. The van der Waals surface area contributed by atoms with E-state index < -0.39 is 0 Å². The molecule has 2 aromatic carbocycles. The van der Waals surface area contributed by atoms with Gasteiger partial charge in [-0.25, -0.2) is 0 Å². The molecule has 0 unspecified atom stereocenters. The number of anilines is 1. The second-order valence-electron chi connectivity index (χ2n) is 7.01. The van der Waals surface area contributed by atoms with Crippen LogP contribution in [0, 0.1) is 0 Å². The van der Waals surface area contributed by atoms with Gasteiger partial charge in [0.2, 0.25) is 5.13 Å². The smallest absolute Gasteiger partial charge is 0.257 e. The molecule has 0 aliphatic heterocycles. The highest BCUT2D eigenvalue weighted by molar-refractivity contribution is 7.15. The number of nitrogens with zero attached hydrogens (tertiary/aromatic N) is 2. The molecule has 0 spiro atoms. The van der Waals surface area contributed by atoms with E-state index in [1.54, 1.807) is 0 Å². The molecule has 1 N–H and O–H groups in total. The van der Waals surface area contributed by atoms with Crippen molar-refractivity contribution in [1.29, 1.82) is 0 Å². The third-order valence-corrected chi connectivity index (χ3v) is 5.85. The van der Waals surface area contributed by atoms with Crippen LogP contribution in [0.1, 0.15) is 59.0 Å². The Morgan fingerprint density at radius 3 is 2.50 bits per heavy atom. The second kappa shape index (κ2) is 8.97. The normalized spacial score (nSPS) is 14.6. The molecule has 1 aromatic heterocycles. The van der Waals surface area contributed by atoms with Gasteiger partial charge in [0.05, 0.1) is 0 Å². The second-order valence-corrected chi connectivity index (χ2v) is 8.08. The maximum absolute atomic E-state index is 12.5. The van der Waals surface area contributed by atoms with Gasteiger partial charge in [0.25, 0.3) is 5.91 Å². The maximum atomic E-state index is 12.5. The van der Waals surface area contributed by atoms with Crippen molar-refractivity contribution < 1.29 is 9.53 Å². The fraction of sp³-hybridized carbons (Fsp3) is 0.318. The molecule has 1 fully saturated rings. The molecule has 1 heterocycles. The summed E-state index contributed by atoms with van der Waals surface area (Å²) in [5.74, 6) is 1.25. The molecular weight excluding hydrogens is 370 g/mol. The van der Waals surface area contributed by atoms with Crippen molar-refractivity contribution in [2.24, 2.45) is 0 Å². The first-order chi connectivity index (χ1) is 13.8. The number of nitrogens with one attached hydrogen (secondary N) is 1. The summed E-state index contributed by atoms with van der Waals surface area (Å²) in [6.07, 6.45) is 6.46. The number of benzene rings is 2. The van der Waals surface area contributed by atoms with Crippen LogP contribution in [0.4, 0.5) is 5.13 Å². The van der Waals surface area contributed by atoms with Crippen LogP contribution >= 0.6 is 11.3 Å². The summed E-state index contributed by atoms with van der Waals surface area (Å²) in [6.45, 7) is 0.327. The third-order valence-electron chi connectivity index (χ3n) is 5.04. The Bertz CT molecular complexity index is 903. The number of rotatable bonds is 6. The zero-order valence-corrected chi connectivity index (χ0v) is 16.5. The summed E-state index contributed by atoms with van der Waals surface area (Å²) >= 11 is 1.32. The summed E-state index contributed by atoms with van der Waals surface area (Å²) in [4.78, 5) is 12.5. The van der Waals surface area contributed by atoms with Crippen LogP contribution in [0.3, 0.4) is 0 Å². The first-order valence-corrected chi connectivity index (χ1v) is 10.5. The van der Waals surface area contributed by atoms with E-state index >= 15 is 0 Å². The van der Waals surface area contributed by atoms with Crippen LogP contribution in [-0.2, 0) is 6.61 Å². The van der Waals surface area contributed by atoms with Crippen LogP contribution in [0.15, 0.2) is 54.6 Å². The van der Waals surface area contributed by atoms with Gasteiger partial charge in [-0.1, -0.05) is 60.9 Å². The monoisotopic (exact) mass is 393 g/mol. The molecule has 0 radical (unpaired) electrons. The molecule has 0 saturated heterocycles. The van der Waals surface area contributed by atoms with Gasteiger partial charge < -0.3 is 4.74 Å². The van der Waals surface area contributed by atoms with Gasteiger partial charge in [-0.3, -0.25) is 10.1 Å². The fourth-order valence-corrected chi connectivity index (χ4v) is 4.18. The standard InChI is InChI=1S/C22H23N3O2S/c26-21(18-13-11-17(12-14-18)16-7-3-1-4-8-16)23-22-25-24-20(28-22)15-27-19-9-5-2-6-10-19/h2,5-6,9-14,16H,1,3-4,7-8,15H2,(H,23,25,26). The molecular formula is C22H23N3O2S. The van der Waals surface area contributed by atoms with Crippen LogP contribution in [-0.4, -0.2) is 16.1 Å². The Balaban J connectivity index is 1.32. The van der Waals surface area contributed by atoms with Crippen molar-refractivity contribution in [3.63, 3.8) is 0 Å². The van der Waals surface area contributed by atoms with E-state index in [2.05, 4.69) is 27.6 Å². The first-order valence-electron chi connectivity index (χ1n) is 9.69. The Morgan fingerprint density at radius 2 is 1.75 bits per heavy atom. The van der Waals surface area contributed by atoms with Crippen molar-refractivity contribution in [2.75, 3.05) is 5.32 Å². The summed E-state index contributed by atoms with van der Waals surface area (Å²) in [7, 11) is 0. The van der Waals surface area contributed by atoms with E-state index in [9.17, 15) is 4.79 Å². The van der Waals surface area contributed by atoms with Gasteiger partial charge in [-0.2, -0.15) is 0 Å². The van der Waals surface area contributed by atoms with Gasteiger partial charge in [-0.05, 0) is 48.6 Å². The zero-order valence-electron chi connectivity index (χ0n) is 15.6. The molecule has 5 nitrogen and oxygen atoms in total. The van der Waals surface area contributed by atoms with Crippen LogP contribution < -0.4 is 10.1 Å². The number of carbonyl (C=O) groups excluding carboxylic acids is 1. The molecule has 0 bridgehead atoms. The van der Waals surface area contributed by atoms with Gasteiger partial charge in [-0.15, -0.1) is 10.2 Å². The number of aromatic nitrogens is 2. The van der Waals surface area contributed by atoms with E-state index in [0.717, 1.165) is 5.75 Å². The largest absolute Gasteiger partial charge is 0.486 e. The van der Waals surface area contributed by atoms with Gasteiger partial charge >= 0.3 is 0 Å². The first kappa shape index (κ1) is 18.6. The topological polar surface area (TPSA) is 64.1 Å².